The van der Waals surface area contributed by atoms with Crippen LogP contribution in [0.15, 0.2) is 65.7 Å². The number of phenolic OH excluding ortho intramolecular Hbond substituents is 2. The van der Waals surface area contributed by atoms with Crippen molar-refractivity contribution in [3.05, 3.63) is 94.0 Å². The Morgan fingerprint density at radius 2 is 1.42 bits per heavy atom. The lowest BCUT2D eigenvalue weighted by Gasteiger charge is -2.15. The number of fused-ring (bicyclic) bond motifs is 3. The average Bonchev–Trinajstić information content (AvgIpc) is 3.53. The third-order valence-corrected chi connectivity index (χ3v) is 8.79. The van der Waals surface area contributed by atoms with Crippen molar-refractivity contribution in [2.75, 3.05) is 85.8 Å². The zero-order valence-electron chi connectivity index (χ0n) is 32.1. The van der Waals surface area contributed by atoms with E-state index in [-0.39, 0.29) is 36.8 Å². The van der Waals surface area contributed by atoms with Crippen LogP contribution in [0.5, 0.6) is 17.2 Å². The minimum absolute atomic E-state index is 0.00516. The van der Waals surface area contributed by atoms with Crippen LogP contribution >= 0.6 is 11.6 Å². The van der Waals surface area contributed by atoms with Gasteiger partial charge in [-0.05, 0) is 56.3 Å². The molecule has 16 nitrogen and oxygen atoms in total. The summed E-state index contributed by atoms with van der Waals surface area (Å²) in [5, 5.41) is 34.1. The first-order valence-electron chi connectivity index (χ1n) is 18.7. The van der Waals surface area contributed by atoms with Crippen molar-refractivity contribution >= 4 is 29.1 Å². The fourth-order valence-electron chi connectivity index (χ4n) is 5.83. The van der Waals surface area contributed by atoms with Crippen LogP contribution in [0.4, 0.5) is 0 Å². The molecule has 0 spiro atoms. The zero-order valence-corrected chi connectivity index (χ0v) is 32.8. The van der Waals surface area contributed by atoms with Crippen molar-refractivity contribution < 1.29 is 48.2 Å². The van der Waals surface area contributed by atoms with Gasteiger partial charge in [0.05, 0.1) is 89.5 Å². The van der Waals surface area contributed by atoms with Crippen LogP contribution in [-0.2, 0) is 28.5 Å². The lowest BCUT2D eigenvalue weighted by atomic mass is 10.00. The van der Waals surface area contributed by atoms with E-state index in [0.717, 1.165) is 16.8 Å². The highest BCUT2D eigenvalue weighted by Crippen LogP contribution is 2.34. The quantitative estimate of drug-likeness (QED) is 0.0589. The SMILES string of the molecule is CCNC(=O)CC1N=C(c2ccc(Cl)cc2)c2cc(OCCOCCOCCOCCOCCOCCNC(=O)c3cccc(O)c3O)ccc2-n2c(C)nnc21. The number of phenols is 2. The minimum Gasteiger partial charge on any atom is -0.504 e. The molecular weight excluding hydrogens is 760 g/mol. The lowest BCUT2D eigenvalue weighted by Crippen LogP contribution is -2.27. The Morgan fingerprint density at radius 3 is 2.07 bits per heavy atom. The van der Waals surface area contributed by atoms with Crippen molar-refractivity contribution in [1.29, 1.82) is 0 Å². The Kier molecular flexibility index (Phi) is 17.1. The first-order chi connectivity index (χ1) is 27.8. The number of hydrogen-bond donors (Lipinski definition) is 4. The number of nitrogens with one attached hydrogen (secondary N) is 2. The number of carbonyl (C=O) groups excluding carboxylic acids is 2. The summed E-state index contributed by atoms with van der Waals surface area (Å²) in [6.45, 7) is 8.63. The number of aromatic nitrogens is 3. The van der Waals surface area contributed by atoms with Gasteiger partial charge in [0.15, 0.2) is 17.3 Å². The highest BCUT2D eigenvalue weighted by atomic mass is 35.5. The number of benzene rings is 3. The molecule has 0 saturated carbocycles. The normalized spacial score (nSPS) is 13.3. The van der Waals surface area contributed by atoms with Gasteiger partial charge in [-0.2, -0.15) is 0 Å². The van der Waals surface area contributed by atoms with E-state index >= 15 is 0 Å². The number of aromatic hydroxyl groups is 2. The fraction of sp³-hybridized carbons (Fsp3) is 0.425. The molecule has 306 valence electrons. The second-order valence-electron chi connectivity index (χ2n) is 12.6. The molecule has 1 aliphatic rings. The lowest BCUT2D eigenvalue weighted by molar-refractivity contribution is -0.121. The van der Waals surface area contributed by atoms with E-state index in [4.69, 9.17) is 45.0 Å². The van der Waals surface area contributed by atoms with Crippen LogP contribution in [0, 0.1) is 6.92 Å². The molecule has 1 aromatic heterocycles. The predicted octanol–water partition coefficient (Wildman–Crippen LogP) is 3.95. The zero-order chi connectivity index (χ0) is 40.4. The molecule has 1 aliphatic heterocycles. The van der Waals surface area contributed by atoms with Gasteiger partial charge in [0.25, 0.3) is 5.91 Å². The van der Waals surface area contributed by atoms with E-state index in [9.17, 15) is 19.8 Å². The first kappa shape index (κ1) is 43.0. The number of aliphatic imine (C=N–C) groups is 1. The molecule has 3 aromatic carbocycles. The van der Waals surface area contributed by atoms with Crippen LogP contribution in [0.2, 0.25) is 5.02 Å². The van der Waals surface area contributed by atoms with Crippen LogP contribution in [0.25, 0.3) is 5.69 Å². The average molecular weight is 809 g/mol. The Morgan fingerprint density at radius 1 is 0.789 bits per heavy atom. The largest absolute Gasteiger partial charge is 0.504 e. The number of para-hydroxylation sites is 1. The van der Waals surface area contributed by atoms with E-state index < -0.39 is 17.7 Å². The summed E-state index contributed by atoms with van der Waals surface area (Å²) in [4.78, 5) is 29.9. The summed E-state index contributed by atoms with van der Waals surface area (Å²) in [7, 11) is 0. The van der Waals surface area contributed by atoms with Crippen molar-refractivity contribution in [2.24, 2.45) is 4.99 Å². The van der Waals surface area contributed by atoms with Gasteiger partial charge in [0.2, 0.25) is 5.91 Å². The summed E-state index contributed by atoms with van der Waals surface area (Å²) in [6, 6.07) is 16.8. The van der Waals surface area contributed by atoms with Crippen LogP contribution in [0.3, 0.4) is 0 Å². The highest BCUT2D eigenvalue weighted by molar-refractivity contribution is 6.30. The maximum absolute atomic E-state index is 12.7. The number of amides is 2. The smallest absolute Gasteiger partial charge is 0.255 e. The number of nitrogens with zero attached hydrogens (tertiary/aromatic N) is 4. The second kappa shape index (κ2) is 22.6. The van der Waals surface area contributed by atoms with Crippen molar-refractivity contribution in [1.82, 2.24) is 25.4 Å². The molecule has 57 heavy (non-hydrogen) atoms. The Hall–Kier alpha value is -5.10. The number of rotatable bonds is 24. The standard InChI is InChI=1S/C40H49ClN6O10/c1-3-42-36(49)26-33-39-46-45-27(2)47(39)34-12-11-30(25-32(34)37(44-33)28-7-9-29(41)10-8-28)57-24-23-56-22-21-55-20-19-54-18-17-53-16-15-52-14-13-43-40(51)31-5-4-6-35(48)38(31)50/h4-12,25,33,48,50H,3,13-24,26H2,1-2H3,(H,42,49)(H,43,51). The first-order valence-corrected chi connectivity index (χ1v) is 19.1. The molecule has 0 radical (unpaired) electrons. The van der Waals surface area contributed by atoms with Crippen molar-refractivity contribution in [3.63, 3.8) is 0 Å². The number of hydrogen-bond acceptors (Lipinski definition) is 13. The van der Waals surface area contributed by atoms with E-state index in [1.165, 1.54) is 18.2 Å². The molecule has 2 amide bonds. The van der Waals surface area contributed by atoms with Crippen LogP contribution in [0.1, 0.15) is 52.5 Å². The number of ether oxygens (including phenoxy) is 6. The molecule has 4 aromatic rings. The molecule has 2 heterocycles. The van der Waals surface area contributed by atoms with Crippen LogP contribution < -0.4 is 15.4 Å². The molecule has 1 atom stereocenters. The number of carbonyl (C=O) groups is 2. The predicted molar refractivity (Wildman–Crippen MR) is 211 cm³/mol. The van der Waals surface area contributed by atoms with Gasteiger partial charge in [-0.3, -0.25) is 19.1 Å². The maximum atomic E-state index is 12.7. The molecule has 0 fully saturated rings. The molecule has 0 saturated heterocycles. The molecular formula is C40H49ClN6O10. The van der Waals surface area contributed by atoms with Gasteiger partial charge < -0.3 is 49.3 Å². The number of aryl methyl sites for hydroxylation is 1. The summed E-state index contributed by atoms with van der Waals surface area (Å²) in [6.07, 6.45) is 0.118. The molecule has 1 unspecified atom stereocenters. The van der Waals surface area contributed by atoms with Crippen molar-refractivity contribution in [2.45, 2.75) is 26.3 Å². The minimum atomic E-state index is -0.563. The second-order valence-corrected chi connectivity index (χ2v) is 13.1. The van der Waals surface area contributed by atoms with Crippen molar-refractivity contribution in [3.8, 4) is 22.9 Å². The summed E-state index contributed by atoms with van der Waals surface area (Å²) in [5.41, 5.74) is 3.16. The molecule has 17 heteroatoms. The molecule has 4 N–H and O–H groups in total. The third kappa shape index (κ3) is 12.7. The highest BCUT2D eigenvalue weighted by Gasteiger charge is 2.30. The Balaban J connectivity index is 0.950. The van der Waals surface area contributed by atoms with Gasteiger partial charge >= 0.3 is 0 Å². The van der Waals surface area contributed by atoms with Crippen LogP contribution in [-0.4, -0.2) is 128 Å². The Labute approximate surface area is 336 Å². The van der Waals surface area contributed by atoms with Gasteiger partial charge in [0.1, 0.15) is 24.2 Å². The van der Waals surface area contributed by atoms with E-state index in [0.29, 0.717) is 101 Å². The summed E-state index contributed by atoms with van der Waals surface area (Å²) >= 11 is 6.22. The Bertz CT molecular complexity index is 1940. The fourth-order valence-corrected chi connectivity index (χ4v) is 5.96. The molecule has 0 bridgehead atoms. The van der Waals surface area contributed by atoms with E-state index in [2.05, 4.69) is 20.8 Å². The van der Waals surface area contributed by atoms with E-state index in [1.807, 2.05) is 60.9 Å². The van der Waals surface area contributed by atoms with Gasteiger partial charge in [-0.25, -0.2) is 0 Å². The van der Waals surface area contributed by atoms with E-state index in [1.54, 1.807) is 0 Å². The molecule has 5 rings (SSSR count). The van der Waals surface area contributed by atoms with Gasteiger partial charge in [-0.15, -0.1) is 10.2 Å². The monoisotopic (exact) mass is 808 g/mol. The summed E-state index contributed by atoms with van der Waals surface area (Å²) < 4.78 is 35.7. The van der Waals surface area contributed by atoms with Gasteiger partial charge in [-0.1, -0.05) is 29.8 Å². The third-order valence-electron chi connectivity index (χ3n) is 8.54. The maximum Gasteiger partial charge on any atom is 0.255 e. The topological polar surface area (TPSA) is 197 Å². The molecule has 0 aliphatic carbocycles. The number of halogens is 1. The summed E-state index contributed by atoms with van der Waals surface area (Å²) in [5.74, 6) is 0.458. The van der Waals surface area contributed by atoms with Gasteiger partial charge in [0, 0.05) is 29.2 Å².